The molecule has 0 spiro atoms. The fourth-order valence-corrected chi connectivity index (χ4v) is 3.96. The summed E-state index contributed by atoms with van der Waals surface area (Å²) in [6, 6.07) is 6.38. The molecule has 1 aromatic carbocycles. The van der Waals surface area contributed by atoms with E-state index in [1.165, 1.54) is 31.9 Å². The SMILES string of the molecule is CCc1cnc(CCNC(=NC)NCCc2c[nH]c3cccc(C)c23)s1. The maximum atomic E-state index is 4.46. The summed E-state index contributed by atoms with van der Waals surface area (Å²) in [5.41, 5.74) is 3.87. The third-order valence-electron chi connectivity index (χ3n) is 4.49. The number of guanidine groups is 1. The lowest BCUT2D eigenvalue weighted by atomic mass is 10.1. The second-order valence-electron chi connectivity index (χ2n) is 6.31. The van der Waals surface area contributed by atoms with Gasteiger partial charge in [-0.15, -0.1) is 11.3 Å². The number of rotatable bonds is 7. The van der Waals surface area contributed by atoms with Crippen LogP contribution in [0.4, 0.5) is 0 Å². The van der Waals surface area contributed by atoms with Gasteiger partial charge in [-0.1, -0.05) is 19.1 Å². The van der Waals surface area contributed by atoms with E-state index in [0.29, 0.717) is 0 Å². The van der Waals surface area contributed by atoms with Gasteiger partial charge in [-0.25, -0.2) is 4.98 Å². The smallest absolute Gasteiger partial charge is 0.191 e. The van der Waals surface area contributed by atoms with Crippen LogP contribution in [0.15, 0.2) is 35.6 Å². The molecule has 0 aliphatic rings. The highest BCUT2D eigenvalue weighted by Gasteiger charge is 2.06. The van der Waals surface area contributed by atoms with E-state index in [9.17, 15) is 0 Å². The topological polar surface area (TPSA) is 65.1 Å². The van der Waals surface area contributed by atoms with E-state index in [4.69, 9.17) is 0 Å². The molecule has 0 radical (unpaired) electrons. The first-order chi connectivity index (χ1) is 12.7. The lowest BCUT2D eigenvalue weighted by Gasteiger charge is -2.11. The summed E-state index contributed by atoms with van der Waals surface area (Å²) in [7, 11) is 1.81. The van der Waals surface area contributed by atoms with Crippen molar-refractivity contribution in [3.8, 4) is 0 Å². The summed E-state index contributed by atoms with van der Waals surface area (Å²) < 4.78 is 0. The molecular weight excluding hydrogens is 342 g/mol. The van der Waals surface area contributed by atoms with Gasteiger partial charge in [0.2, 0.25) is 0 Å². The molecule has 3 aromatic rings. The van der Waals surface area contributed by atoms with Crippen LogP contribution in [0.5, 0.6) is 0 Å². The van der Waals surface area contributed by atoms with E-state index in [0.717, 1.165) is 38.3 Å². The Labute approximate surface area is 159 Å². The van der Waals surface area contributed by atoms with Crippen LogP contribution in [0.3, 0.4) is 0 Å². The van der Waals surface area contributed by atoms with Gasteiger partial charge < -0.3 is 15.6 Å². The number of hydrogen-bond donors (Lipinski definition) is 3. The number of aliphatic imine (C=N–C) groups is 1. The Morgan fingerprint density at radius 3 is 2.77 bits per heavy atom. The molecule has 6 heteroatoms. The van der Waals surface area contributed by atoms with E-state index in [-0.39, 0.29) is 0 Å². The van der Waals surface area contributed by atoms with Gasteiger partial charge in [0.05, 0.1) is 5.01 Å². The van der Waals surface area contributed by atoms with Crippen molar-refractivity contribution in [3.63, 3.8) is 0 Å². The van der Waals surface area contributed by atoms with E-state index in [2.05, 4.69) is 63.8 Å². The van der Waals surface area contributed by atoms with Crippen molar-refractivity contribution in [2.24, 2.45) is 4.99 Å². The molecule has 0 saturated carbocycles. The van der Waals surface area contributed by atoms with Crippen molar-refractivity contribution in [2.75, 3.05) is 20.1 Å². The quantitative estimate of drug-likeness (QED) is 0.441. The van der Waals surface area contributed by atoms with Gasteiger partial charge in [0.25, 0.3) is 0 Å². The third-order valence-corrected chi connectivity index (χ3v) is 5.69. The van der Waals surface area contributed by atoms with Crippen molar-refractivity contribution in [1.82, 2.24) is 20.6 Å². The first-order valence-corrected chi connectivity index (χ1v) is 9.96. The van der Waals surface area contributed by atoms with Gasteiger partial charge in [-0.3, -0.25) is 4.99 Å². The number of nitrogens with one attached hydrogen (secondary N) is 3. The van der Waals surface area contributed by atoms with Gasteiger partial charge in [-0.05, 0) is 37.0 Å². The van der Waals surface area contributed by atoms with Crippen LogP contribution in [0, 0.1) is 6.92 Å². The molecular formula is C20H27N5S. The number of benzene rings is 1. The molecule has 0 atom stereocenters. The van der Waals surface area contributed by atoms with E-state index in [1.54, 1.807) is 11.3 Å². The van der Waals surface area contributed by atoms with Crippen LogP contribution in [-0.4, -0.2) is 36.1 Å². The summed E-state index contributed by atoms with van der Waals surface area (Å²) in [5, 5.41) is 9.29. The van der Waals surface area contributed by atoms with Gasteiger partial charge in [-0.2, -0.15) is 0 Å². The maximum absolute atomic E-state index is 4.46. The molecule has 138 valence electrons. The minimum absolute atomic E-state index is 0.836. The highest BCUT2D eigenvalue weighted by molar-refractivity contribution is 7.11. The van der Waals surface area contributed by atoms with Crippen molar-refractivity contribution in [1.29, 1.82) is 0 Å². The molecule has 0 fully saturated rings. The van der Waals surface area contributed by atoms with Gasteiger partial charge in [0, 0.05) is 54.7 Å². The fraction of sp³-hybridized carbons (Fsp3) is 0.400. The predicted molar refractivity (Wildman–Crippen MR) is 111 cm³/mol. The third kappa shape index (κ3) is 4.43. The highest BCUT2D eigenvalue weighted by atomic mass is 32.1. The van der Waals surface area contributed by atoms with Crippen molar-refractivity contribution >= 4 is 28.2 Å². The predicted octanol–water partition coefficient (Wildman–Crippen LogP) is 3.45. The normalized spacial score (nSPS) is 11.9. The number of nitrogens with zero attached hydrogens (tertiary/aromatic N) is 2. The number of hydrogen-bond acceptors (Lipinski definition) is 3. The maximum Gasteiger partial charge on any atom is 0.191 e. The van der Waals surface area contributed by atoms with Crippen LogP contribution in [0.1, 0.15) is 27.9 Å². The number of aromatic nitrogens is 2. The number of aryl methyl sites for hydroxylation is 2. The van der Waals surface area contributed by atoms with E-state index >= 15 is 0 Å². The van der Waals surface area contributed by atoms with E-state index in [1.807, 2.05) is 13.2 Å². The molecule has 0 unspecified atom stereocenters. The molecule has 0 saturated heterocycles. The van der Waals surface area contributed by atoms with Crippen molar-refractivity contribution in [3.05, 3.63) is 51.6 Å². The zero-order valence-electron chi connectivity index (χ0n) is 15.7. The Morgan fingerprint density at radius 2 is 2.04 bits per heavy atom. The Bertz CT molecular complexity index is 877. The minimum Gasteiger partial charge on any atom is -0.361 e. The van der Waals surface area contributed by atoms with Crippen molar-refractivity contribution in [2.45, 2.75) is 33.1 Å². The number of aromatic amines is 1. The summed E-state index contributed by atoms with van der Waals surface area (Å²) in [6.07, 6.45) is 7.03. The monoisotopic (exact) mass is 369 g/mol. The molecule has 0 aliphatic carbocycles. The largest absolute Gasteiger partial charge is 0.361 e. The zero-order chi connectivity index (χ0) is 18.4. The molecule has 3 rings (SSSR count). The Kier molecular flexibility index (Phi) is 6.28. The Balaban J connectivity index is 1.46. The first kappa shape index (κ1) is 18.5. The van der Waals surface area contributed by atoms with Crippen LogP contribution < -0.4 is 10.6 Å². The zero-order valence-corrected chi connectivity index (χ0v) is 16.5. The van der Waals surface area contributed by atoms with E-state index < -0.39 is 0 Å². The van der Waals surface area contributed by atoms with Gasteiger partial charge in [0.15, 0.2) is 5.96 Å². The average molecular weight is 370 g/mol. The van der Waals surface area contributed by atoms with Gasteiger partial charge >= 0.3 is 0 Å². The summed E-state index contributed by atoms with van der Waals surface area (Å²) >= 11 is 1.80. The average Bonchev–Trinajstić information content (AvgIpc) is 3.28. The molecule has 3 N–H and O–H groups in total. The number of H-pyrrole nitrogens is 1. The molecule has 2 aromatic heterocycles. The molecule has 0 amide bonds. The minimum atomic E-state index is 0.836. The van der Waals surface area contributed by atoms with Crippen LogP contribution in [0.2, 0.25) is 0 Å². The standard InChI is InChI=1S/C20H27N5S/c1-4-16-13-25-18(26-16)9-11-23-20(21-3)22-10-8-15-12-24-17-7-5-6-14(2)19(15)17/h5-7,12-13,24H,4,8-11H2,1-3H3,(H2,21,22,23). The Hall–Kier alpha value is -2.34. The lowest BCUT2D eigenvalue weighted by Crippen LogP contribution is -2.39. The Morgan fingerprint density at radius 1 is 1.23 bits per heavy atom. The first-order valence-electron chi connectivity index (χ1n) is 9.15. The lowest BCUT2D eigenvalue weighted by molar-refractivity contribution is 0.783. The second-order valence-corrected chi connectivity index (χ2v) is 7.51. The molecule has 5 nitrogen and oxygen atoms in total. The summed E-state index contributed by atoms with van der Waals surface area (Å²) in [5.74, 6) is 0.842. The molecule has 26 heavy (non-hydrogen) atoms. The number of thiazole rings is 1. The van der Waals surface area contributed by atoms with Gasteiger partial charge in [0.1, 0.15) is 0 Å². The summed E-state index contributed by atoms with van der Waals surface area (Å²) in [6.45, 7) is 6.01. The highest BCUT2D eigenvalue weighted by Crippen LogP contribution is 2.22. The van der Waals surface area contributed by atoms with Crippen LogP contribution in [0.25, 0.3) is 10.9 Å². The summed E-state index contributed by atoms with van der Waals surface area (Å²) in [4.78, 5) is 13.5. The molecule has 2 heterocycles. The van der Waals surface area contributed by atoms with Crippen LogP contribution >= 0.6 is 11.3 Å². The molecule has 0 aliphatic heterocycles. The molecule has 0 bridgehead atoms. The van der Waals surface area contributed by atoms with Crippen molar-refractivity contribution < 1.29 is 0 Å². The fourth-order valence-electron chi connectivity index (χ4n) is 3.10. The second kappa shape index (κ2) is 8.85. The number of fused-ring (bicyclic) bond motifs is 1. The van der Waals surface area contributed by atoms with Crippen LogP contribution in [-0.2, 0) is 19.3 Å².